The molecule has 9 heteroatoms. The number of fused-ring (bicyclic) bond motifs is 1. The van der Waals surface area contributed by atoms with Crippen LogP contribution in [0.3, 0.4) is 0 Å². The van der Waals surface area contributed by atoms with Gasteiger partial charge in [-0.1, -0.05) is 12.1 Å². The lowest BCUT2D eigenvalue weighted by Crippen LogP contribution is -2.19. The van der Waals surface area contributed by atoms with Crippen molar-refractivity contribution in [3.63, 3.8) is 0 Å². The van der Waals surface area contributed by atoms with E-state index in [9.17, 15) is 4.79 Å². The number of nitrogens with zero attached hydrogens (tertiary/aromatic N) is 2. The minimum atomic E-state index is -0.187. The number of nitrogens with one attached hydrogen (secondary N) is 1. The molecule has 6 nitrogen and oxygen atoms in total. The van der Waals surface area contributed by atoms with Crippen molar-refractivity contribution in [3.8, 4) is 5.75 Å². The van der Waals surface area contributed by atoms with E-state index in [1.165, 1.54) is 23.5 Å². The summed E-state index contributed by atoms with van der Waals surface area (Å²) in [7, 11) is 0. The van der Waals surface area contributed by atoms with Crippen LogP contribution in [0.5, 0.6) is 5.75 Å². The Hall–Kier alpha value is -3.01. The summed E-state index contributed by atoms with van der Waals surface area (Å²) in [5, 5.41) is 4.07. The van der Waals surface area contributed by atoms with Gasteiger partial charge in [-0.15, -0.1) is 11.3 Å². The average molecular weight is 494 g/mol. The number of hydrogen-bond acceptors (Lipinski definition) is 8. The molecule has 0 atom stereocenters. The number of benzene rings is 2. The smallest absolute Gasteiger partial charge is 0.264 e. The second-order valence-electron chi connectivity index (χ2n) is 7.12. The van der Waals surface area contributed by atoms with Crippen LogP contribution in [0.1, 0.15) is 18.2 Å². The molecule has 2 aromatic heterocycles. The van der Waals surface area contributed by atoms with Crippen molar-refractivity contribution in [2.45, 2.75) is 23.3 Å². The van der Waals surface area contributed by atoms with Gasteiger partial charge in [-0.25, -0.2) is 9.98 Å². The number of thiazole rings is 1. The maximum atomic E-state index is 12.4. The first-order valence-corrected chi connectivity index (χ1v) is 12.7. The van der Waals surface area contributed by atoms with Crippen molar-refractivity contribution >= 4 is 67.9 Å². The zero-order valence-corrected chi connectivity index (χ0v) is 20.3. The number of rotatable bonds is 6. The van der Waals surface area contributed by atoms with Gasteiger partial charge in [0.15, 0.2) is 14.6 Å². The van der Waals surface area contributed by atoms with Crippen LogP contribution < -0.4 is 10.1 Å². The first kappa shape index (κ1) is 21.8. The highest BCUT2D eigenvalue weighted by Gasteiger charge is 2.24. The van der Waals surface area contributed by atoms with Gasteiger partial charge in [-0.2, -0.15) is 0 Å². The zero-order chi connectivity index (χ0) is 22.8. The molecule has 4 aromatic rings. The first-order valence-electron chi connectivity index (χ1n) is 10.2. The SMILES string of the molecule is CCOc1ccc2nc(Sc3ccc(/C=C4\SC(=Nc5cccc(C)c5)NC4=O)o3)sc2c1. The molecule has 0 saturated carbocycles. The first-order chi connectivity index (χ1) is 16.1. The second kappa shape index (κ2) is 9.46. The van der Waals surface area contributed by atoms with Gasteiger partial charge < -0.3 is 14.5 Å². The van der Waals surface area contributed by atoms with E-state index in [1.807, 2.05) is 68.4 Å². The molecule has 1 saturated heterocycles. The summed E-state index contributed by atoms with van der Waals surface area (Å²) >= 11 is 4.34. The number of furan rings is 1. The fourth-order valence-corrected chi connectivity index (χ4v) is 5.98. The maximum absolute atomic E-state index is 12.4. The number of aliphatic imine (C=N–C) groups is 1. The summed E-state index contributed by atoms with van der Waals surface area (Å²) in [4.78, 5) is 22.1. The van der Waals surface area contributed by atoms with E-state index in [1.54, 1.807) is 17.4 Å². The van der Waals surface area contributed by atoms with Crippen LogP contribution in [-0.2, 0) is 4.79 Å². The Bertz CT molecular complexity index is 1400. The average Bonchev–Trinajstić information content (AvgIpc) is 3.47. The van der Waals surface area contributed by atoms with E-state index < -0.39 is 0 Å². The highest BCUT2D eigenvalue weighted by atomic mass is 32.2. The fourth-order valence-electron chi connectivity index (χ4n) is 3.16. The summed E-state index contributed by atoms with van der Waals surface area (Å²) in [6.45, 7) is 4.61. The number of thioether (sulfide) groups is 1. The molecule has 0 radical (unpaired) electrons. The Kier molecular flexibility index (Phi) is 6.26. The summed E-state index contributed by atoms with van der Waals surface area (Å²) < 4.78 is 13.4. The number of aromatic nitrogens is 1. The Morgan fingerprint density at radius 2 is 2.12 bits per heavy atom. The van der Waals surface area contributed by atoms with E-state index in [0.29, 0.717) is 27.5 Å². The van der Waals surface area contributed by atoms with E-state index >= 15 is 0 Å². The van der Waals surface area contributed by atoms with Crippen LogP contribution in [0, 0.1) is 6.92 Å². The number of amides is 1. The molecule has 3 heterocycles. The van der Waals surface area contributed by atoms with Crippen molar-refractivity contribution in [1.29, 1.82) is 0 Å². The third kappa shape index (κ3) is 5.16. The van der Waals surface area contributed by atoms with Gasteiger partial charge in [-0.3, -0.25) is 4.79 Å². The predicted molar refractivity (Wildman–Crippen MR) is 136 cm³/mol. The number of aryl methyl sites for hydroxylation is 1. The molecular formula is C24H19N3O3S3. The lowest BCUT2D eigenvalue weighted by atomic mass is 10.2. The summed E-state index contributed by atoms with van der Waals surface area (Å²) in [6.07, 6.45) is 1.73. The molecule has 1 amide bonds. The van der Waals surface area contributed by atoms with Gasteiger partial charge in [0.2, 0.25) is 0 Å². The minimum Gasteiger partial charge on any atom is -0.494 e. The van der Waals surface area contributed by atoms with E-state index in [-0.39, 0.29) is 5.91 Å². The van der Waals surface area contributed by atoms with Crippen molar-refractivity contribution in [2.75, 3.05) is 6.61 Å². The van der Waals surface area contributed by atoms with Gasteiger partial charge >= 0.3 is 0 Å². The Labute approximate surface area is 203 Å². The lowest BCUT2D eigenvalue weighted by molar-refractivity contribution is -0.115. The van der Waals surface area contributed by atoms with Crippen LogP contribution >= 0.6 is 34.9 Å². The van der Waals surface area contributed by atoms with Gasteiger partial charge in [-0.05, 0) is 85.4 Å². The molecular weight excluding hydrogens is 474 g/mol. The molecule has 1 aliphatic heterocycles. The molecule has 0 bridgehead atoms. The van der Waals surface area contributed by atoms with Crippen molar-refractivity contribution in [1.82, 2.24) is 10.3 Å². The Morgan fingerprint density at radius 3 is 2.97 bits per heavy atom. The van der Waals surface area contributed by atoms with Crippen LogP contribution in [0.25, 0.3) is 16.3 Å². The molecule has 0 spiro atoms. The third-order valence-corrected chi connectivity index (χ3v) is 7.51. The number of ether oxygens (including phenoxy) is 1. The van der Waals surface area contributed by atoms with Crippen LogP contribution in [0.15, 0.2) is 78.3 Å². The van der Waals surface area contributed by atoms with Crippen molar-refractivity contribution in [3.05, 3.63) is 70.8 Å². The standard InChI is InChI=1S/C24H19N3O3S3/c1-3-29-16-7-9-18-19(12-16)32-24(26-18)33-21-10-8-17(30-21)13-20-22(28)27-23(31-20)25-15-6-4-5-14(2)11-15/h4-13H,3H2,1-2H3,(H,25,27,28)/b20-13-. The van der Waals surface area contributed by atoms with Crippen LogP contribution in [0.2, 0.25) is 0 Å². The van der Waals surface area contributed by atoms with E-state index in [0.717, 1.165) is 31.6 Å². The summed E-state index contributed by atoms with van der Waals surface area (Å²) in [5.41, 5.74) is 2.85. The molecule has 33 heavy (non-hydrogen) atoms. The van der Waals surface area contributed by atoms with Crippen LogP contribution in [-0.4, -0.2) is 22.7 Å². The highest BCUT2D eigenvalue weighted by Crippen LogP contribution is 2.37. The molecule has 2 aromatic carbocycles. The largest absolute Gasteiger partial charge is 0.494 e. The zero-order valence-electron chi connectivity index (χ0n) is 17.8. The number of hydrogen-bond donors (Lipinski definition) is 1. The van der Waals surface area contributed by atoms with Gasteiger partial charge in [0, 0.05) is 6.08 Å². The van der Waals surface area contributed by atoms with Gasteiger partial charge in [0.05, 0.1) is 27.4 Å². The van der Waals surface area contributed by atoms with Gasteiger partial charge in [0.1, 0.15) is 11.5 Å². The number of amidine groups is 1. The Balaban J connectivity index is 1.29. The van der Waals surface area contributed by atoms with Crippen LogP contribution in [0.4, 0.5) is 5.69 Å². The third-order valence-electron chi connectivity index (χ3n) is 4.60. The molecule has 5 rings (SSSR count). The molecule has 166 valence electrons. The quantitative estimate of drug-likeness (QED) is 0.304. The predicted octanol–water partition coefficient (Wildman–Crippen LogP) is 6.64. The summed E-state index contributed by atoms with van der Waals surface area (Å²) in [5.74, 6) is 1.26. The minimum absolute atomic E-state index is 0.187. The number of carbonyl (C=O) groups excluding carboxylic acids is 1. The Morgan fingerprint density at radius 1 is 1.21 bits per heavy atom. The van der Waals surface area contributed by atoms with Crippen molar-refractivity contribution in [2.24, 2.45) is 4.99 Å². The molecule has 1 fully saturated rings. The number of carbonyl (C=O) groups is 1. The maximum Gasteiger partial charge on any atom is 0.264 e. The van der Waals surface area contributed by atoms with Gasteiger partial charge in [0.25, 0.3) is 5.91 Å². The fraction of sp³-hybridized carbons (Fsp3) is 0.125. The highest BCUT2D eigenvalue weighted by molar-refractivity contribution is 8.18. The summed E-state index contributed by atoms with van der Waals surface area (Å²) in [6, 6.07) is 17.5. The van der Waals surface area contributed by atoms with E-state index in [2.05, 4.69) is 15.3 Å². The normalized spacial score (nSPS) is 16.1. The molecule has 1 aliphatic rings. The topological polar surface area (TPSA) is 76.7 Å². The van der Waals surface area contributed by atoms with E-state index in [4.69, 9.17) is 9.15 Å². The van der Waals surface area contributed by atoms with Crippen molar-refractivity contribution < 1.29 is 13.9 Å². The lowest BCUT2D eigenvalue weighted by Gasteiger charge is -2.00. The monoisotopic (exact) mass is 493 g/mol. The molecule has 1 N–H and O–H groups in total. The molecule has 0 aliphatic carbocycles. The second-order valence-corrected chi connectivity index (χ2v) is 10.4. The molecule has 0 unspecified atom stereocenters.